The fraction of sp³-hybridized carbons (Fsp3) is 0.222. The highest BCUT2D eigenvalue weighted by atomic mass is 19.2. The molecule has 0 aliphatic heterocycles. The van der Waals surface area contributed by atoms with Gasteiger partial charge in [-0.3, -0.25) is 4.79 Å². The van der Waals surface area contributed by atoms with Crippen molar-refractivity contribution < 1.29 is 13.5 Å². The largest absolute Gasteiger partial charge is 0.490 e. The van der Waals surface area contributed by atoms with Gasteiger partial charge >= 0.3 is 0 Å². The monoisotopic (exact) mass is 330 g/mol. The Kier molecular flexibility index (Phi) is 4.55. The van der Waals surface area contributed by atoms with Crippen molar-refractivity contribution in [1.29, 1.82) is 0 Å². The van der Waals surface area contributed by atoms with Gasteiger partial charge in [0.15, 0.2) is 11.6 Å². The first-order valence-electron chi connectivity index (χ1n) is 7.71. The molecule has 3 rings (SSSR count). The van der Waals surface area contributed by atoms with E-state index in [-0.39, 0.29) is 29.3 Å². The van der Waals surface area contributed by atoms with Crippen molar-refractivity contribution in [3.8, 4) is 17.1 Å². The Labute approximate surface area is 137 Å². The Morgan fingerprint density at radius 1 is 1.21 bits per heavy atom. The number of para-hydroxylation sites is 1. The predicted octanol–water partition coefficient (Wildman–Crippen LogP) is 4.05. The number of hydrogen-bond donors (Lipinski definition) is 1. The Morgan fingerprint density at radius 2 is 2.00 bits per heavy atom. The van der Waals surface area contributed by atoms with Gasteiger partial charge in [-0.15, -0.1) is 0 Å². The second-order valence-electron chi connectivity index (χ2n) is 5.40. The number of benzene rings is 2. The maximum absolute atomic E-state index is 13.9. The SMILES string of the molecule is CCCCOc1cc(-c2nc3ccccc3c(=O)[nH]2)cc(F)c1F. The zero-order valence-electron chi connectivity index (χ0n) is 13.1. The third kappa shape index (κ3) is 3.13. The van der Waals surface area contributed by atoms with Gasteiger partial charge in [-0.25, -0.2) is 9.37 Å². The summed E-state index contributed by atoms with van der Waals surface area (Å²) in [5.41, 5.74) is 0.395. The van der Waals surface area contributed by atoms with Crippen LogP contribution < -0.4 is 10.3 Å². The van der Waals surface area contributed by atoms with Crippen molar-refractivity contribution >= 4 is 10.9 Å². The maximum atomic E-state index is 13.9. The smallest absolute Gasteiger partial charge is 0.259 e. The van der Waals surface area contributed by atoms with E-state index in [0.717, 1.165) is 18.9 Å². The van der Waals surface area contributed by atoms with Crippen LogP contribution in [0, 0.1) is 11.6 Å². The van der Waals surface area contributed by atoms with Crippen LogP contribution in [-0.4, -0.2) is 16.6 Å². The van der Waals surface area contributed by atoms with E-state index in [1.807, 2.05) is 6.92 Å². The van der Waals surface area contributed by atoms with Crippen LogP contribution in [0.5, 0.6) is 5.75 Å². The molecule has 1 heterocycles. The second-order valence-corrected chi connectivity index (χ2v) is 5.40. The fourth-order valence-corrected chi connectivity index (χ4v) is 2.36. The summed E-state index contributed by atoms with van der Waals surface area (Å²) in [5, 5.41) is 0.434. The van der Waals surface area contributed by atoms with Crippen LogP contribution in [0.15, 0.2) is 41.2 Å². The molecule has 0 aliphatic rings. The number of H-pyrrole nitrogens is 1. The molecule has 1 N–H and O–H groups in total. The molecule has 0 saturated heterocycles. The number of halogens is 2. The number of unbranched alkanes of at least 4 members (excludes halogenated alkanes) is 1. The molecule has 0 aliphatic carbocycles. The molecule has 4 nitrogen and oxygen atoms in total. The second kappa shape index (κ2) is 6.78. The molecule has 0 saturated carbocycles. The molecule has 0 unspecified atom stereocenters. The summed E-state index contributed by atoms with van der Waals surface area (Å²) in [4.78, 5) is 19.0. The van der Waals surface area contributed by atoms with Crippen LogP contribution in [-0.2, 0) is 0 Å². The normalized spacial score (nSPS) is 11.0. The molecule has 0 bridgehead atoms. The highest BCUT2D eigenvalue weighted by Gasteiger charge is 2.15. The molecule has 2 aromatic carbocycles. The molecule has 0 atom stereocenters. The Hall–Kier alpha value is -2.76. The molecule has 3 aromatic rings. The highest BCUT2D eigenvalue weighted by Crippen LogP contribution is 2.27. The first-order chi connectivity index (χ1) is 11.6. The number of rotatable bonds is 5. The van der Waals surface area contributed by atoms with Gasteiger partial charge in [0.05, 0.1) is 17.5 Å². The van der Waals surface area contributed by atoms with Gasteiger partial charge in [-0.1, -0.05) is 25.5 Å². The third-order valence-electron chi connectivity index (χ3n) is 3.64. The number of nitrogens with zero attached hydrogens (tertiary/aromatic N) is 1. The van der Waals surface area contributed by atoms with E-state index in [0.29, 0.717) is 10.9 Å². The number of hydrogen-bond acceptors (Lipinski definition) is 3. The quantitative estimate of drug-likeness (QED) is 0.718. The van der Waals surface area contributed by atoms with E-state index in [2.05, 4.69) is 9.97 Å². The summed E-state index contributed by atoms with van der Waals surface area (Å²) < 4.78 is 33.0. The molecule has 1 aromatic heterocycles. The zero-order chi connectivity index (χ0) is 17.1. The van der Waals surface area contributed by atoms with Crippen LogP contribution in [0.25, 0.3) is 22.3 Å². The molecule has 124 valence electrons. The lowest BCUT2D eigenvalue weighted by atomic mass is 10.1. The van der Waals surface area contributed by atoms with Crippen molar-refractivity contribution in [2.45, 2.75) is 19.8 Å². The van der Waals surface area contributed by atoms with Crippen LogP contribution in [0.3, 0.4) is 0 Å². The number of aromatic amines is 1. The van der Waals surface area contributed by atoms with Crippen molar-refractivity contribution in [3.05, 3.63) is 58.4 Å². The van der Waals surface area contributed by atoms with Gasteiger partial charge in [0.25, 0.3) is 5.56 Å². The first kappa shape index (κ1) is 16.1. The Morgan fingerprint density at radius 3 is 2.79 bits per heavy atom. The lowest BCUT2D eigenvalue weighted by molar-refractivity contribution is 0.289. The van der Waals surface area contributed by atoms with Gasteiger partial charge in [0.1, 0.15) is 5.82 Å². The van der Waals surface area contributed by atoms with E-state index >= 15 is 0 Å². The average molecular weight is 330 g/mol. The molecular weight excluding hydrogens is 314 g/mol. The zero-order valence-corrected chi connectivity index (χ0v) is 13.1. The van der Waals surface area contributed by atoms with Gasteiger partial charge in [-0.05, 0) is 30.7 Å². The minimum atomic E-state index is -1.05. The predicted molar refractivity (Wildman–Crippen MR) is 88.1 cm³/mol. The number of aromatic nitrogens is 2. The van der Waals surface area contributed by atoms with E-state index < -0.39 is 11.6 Å². The van der Waals surface area contributed by atoms with Gasteiger partial charge < -0.3 is 9.72 Å². The van der Waals surface area contributed by atoms with Crippen LogP contribution >= 0.6 is 0 Å². The Bertz CT molecular complexity index is 938. The first-order valence-corrected chi connectivity index (χ1v) is 7.71. The molecular formula is C18H16F2N2O2. The van der Waals surface area contributed by atoms with Crippen molar-refractivity contribution in [2.75, 3.05) is 6.61 Å². The number of nitrogens with one attached hydrogen (secondary N) is 1. The minimum Gasteiger partial charge on any atom is -0.490 e. The Balaban J connectivity index is 2.07. The van der Waals surface area contributed by atoms with Crippen LogP contribution in [0.2, 0.25) is 0 Å². The minimum absolute atomic E-state index is 0.165. The van der Waals surface area contributed by atoms with E-state index in [1.165, 1.54) is 6.07 Å². The standard InChI is InChI=1S/C18H16F2N2O2/c1-2-3-8-24-15-10-11(9-13(19)16(15)20)17-21-14-7-5-4-6-12(14)18(23)22-17/h4-7,9-10H,2-3,8H2,1H3,(H,21,22,23). The summed E-state index contributed by atoms with van der Waals surface area (Å²) >= 11 is 0. The summed E-state index contributed by atoms with van der Waals surface area (Å²) in [6.07, 6.45) is 1.61. The topological polar surface area (TPSA) is 55.0 Å². The fourth-order valence-electron chi connectivity index (χ4n) is 2.36. The molecule has 0 radical (unpaired) electrons. The third-order valence-corrected chi connectivity index (χ3v) is 3.64. The van der Waals surface area contributed by atoms with E-state index in [9.17, 15) is 13.6 Å². The number of fused-ring (bicyclic) bond motifs is 1. The lowest BCUT2D eigenvalue weighted by Crippen LogP contribution is -2.10. The summed E-state index contributed by atoms with van der Waals surface area (Å²) in [7, 11) is 0. The van der Waals surface area contributed by atoms with E-state index in [4.69, 9.17) is 4.74 Å². The van der Waals surface area contributed by atoms with Crippen LogP contribution in [0.4, 0.5) is 8.78 Å². The van der Waals surface area contributed by atoms with Gasteiger partial charge in [0, 0.05) is 5.56 Å². The van der Waals surface area contributed by atoms with Crippen LogP contribution in [0.1, 0.15) is 19.8 Å². The van der Waals surface area contributed by atoms with Crippen molar-refractivity contribution in [3.63, 3.8) is 0 Å². The maximum Gasteiger partial charge on any atom is 0.259 e. The highest BCUT2D eigenvalue weighted by molar-refractivity contribution is 5.79. The molecule has 0 amide bonds. The van der Waals surface area contributed by atoms with E-state index in [1.54, 1.807) is 24.3 Å². The number of ether oxygens (including phenoxy) is 1. The van der Waals surface area contributed by atoms with Gasteiger partial charge in [-0.2, -0.15) is 4.39 Å². The van der Waals surface area contributed by atoms with Gasteiger partial charge in [0.2, 0.25) is 5.82 Å². The summed E-state index contributed by atoms with van der Waals surface area (Å²) in [6, 6.07) is 9.16. The molecule has 0 fully saturated rings. The average Bonchev–Trinajstić information content (AvgIpc) is 2.58. The summed E-state index contributed by atoms with van der Waals surface area (Å²) in [6.45, 7) is 2.26. The molecule has 6 heteroatoms. The molecule has 24 heavy (non-hydrogen) atoms. The molecule has 0 spiro atoms. The lowest BCUT2D eigenvalue weighted by Gasteiger charge is -2.10. The van der Waals surface area contributed by atoms with Crippen molar-refractivity contribution in [1.82, 2.24) is 9.97 Å². The summed E-state index contributed by atoms with van der Waals surface area (Å²) in [5.74, 6) is -2.11. The van der Waals surface area contributed by atoms with Crippen molar-refractivity contribution in [2.24, 2.45) is 0 Å².